The smallest absolute Gasteiger partial charge is 0.359 e. The minimum atomic E-state index is -0.824. The average molecular weight is 411 g/mol. The number of aliphatic hydroxyl groups is 2. The van der Waals surface area contributed by atoms with Crippen LogP contribution in [0.15, 0.2) is 72.1 Å². The van der Waals surface area contributed by atoms with Crippen LogP contribution in [0.3, 0.4) is 0 Å². The molecule has 2 aromatic rings. The summed E-state index contributed by atoms with van der Waals surface area (Å²) in [6.07, 6.45) is -1.50. The summed E-state index contributed by atoms with van der Waals surface area (Å²) in [5, 5.41) is 19.8. The minimum Gasteiger partial charge on any atom is -0.509 e. The van der Waals surface area contributed by atoms with E-state index in [2.05, 4.69) is 0 Å². The van der Waals surface area contributed by atoms with Crippen molar-refractivity contribution in [3.63, 3.8) is 0 Å². The summed E-state index contributed by atoms with van der Waals surface area (Å²) in [4.78, 5) is 26.8. The van der Waals surface area contributed by atoms with Crippen molar-refractivity contribution in [2.75, 3.05) is 5.75 Å². The van der Waals surface area contributed by atoms with Gasteiger partial charge in [-0.3, -0.25) is 9.69 Å². The summed E-state index contributed by atoms with van der Waals surface area (Å²) < 4.78 is 5.81. The summed E-state index contributed by atoms with van der Waals surface area (Å²) in [5.41, 5.74) is 1.43. The molecule has 29 heavy (non-hydrogen) atoms. The van der Waals surface area contributed by atoms with E-state index in [4.69, 9.17) is 4.74 Å². The number of amides is 1. The molecule has 1 fully saturated rings. The van der Waals surface area contributed by atoms with Gasteiger partial charge in [0.25, 0.3) is 0 Å². The highest BCUT2D eigenvalue weighted by molar-refractivity contribution is 8.00. The summed E-state index contributed by atoms with van der Waals surface area (Å²) in [6, 6.07) is 18.6. The van der Waals surface area contributed by atoms with Crippen LogP contribution in [0, 0.1) is 5.92 Å². The molecule has 0 radical (unpaired) electrons. The van der Waals surface area contributed by atoms with Crippen molar-refractivity contribution >= 4 is 23.6 Å². The van der Waals surface area contributed by atoms with Gasteiger partial charge in [-0.05, 0) is 18.1 Å². The first-order chi connectivity index (χ1) is 14.0. The van der Waals surface area contributed by atoms with Gasteiger partial charge in [-0.1, -0.05) is 60.7 Å². The fourth-order valence-corrected chi connectivity index (χ4v) is 5.06. The molecule has 6 nitrogen and oxygen atoms in total. The van der Waals surface area contributed by atoms with E-state index in [1.54, 1.807) is 6.92 Å². The van der Waals surface area contributed by atoms with Gasteiger partial charge in [0.15, 0.2) is 11.8 Å². The lowest BCUT2D eigenvalue weighted by Gasteiger charge is -2.50. The molecule has 2 aliphatic rings. The standard InChI is InChI=1S/C22H21NO5S/c1-13(24)17-20(26)23-18(16(25)12-29-21(17)23)22(27)28-19(14-8-4-2-5-9-14)15-10-6-3-7-11-15/h2-11,13,17,19,21,24-25H,12H2,1H3/t13?,17?,21-/m1/s1. The number of rotatable bonds is 5. The monoisotopic (exact) mass is 411 g/mol. The Morgan fingerprint density at radius 2 is 1.66 bits per heavy atom. The van der Waals surface area contributed by atoms with Crippen molar-refractivity contribution in [1.29, 1.82) is 0 Å². The second kappa shape index (κ2) is 7.93. The van der Waals surface area contributed by atoms with E-state index in [1.165, 1.54) is 16.7 Å². The molecule has 7 heteroatoms. The predicted octanol–water partition coefficient (Wildman–Crippen LogP) is 3.00. The zero-order chi connectivity index (χ0) is 20.5. The van der Waals surface area contributed by atoms with Crippen LogP contribution in [0.5, 0.6) is 0 Å². The molecule has 3 atom stereocenters. The number of esters is 1. The molecule has 2 N–H and O–H groups in total. The number of aliphatic hydroxyl groups excluding tert-OH is 2. The van der Waals surface area contributed by atoms with E-state index in [0.717, 1.165) is 11.1 Å². The highest BCUT2D eigenvalue weighted by Gasteiger charge is 2.55. The van der Waals surface area contributed by atoms with Crippen LogP contribution < -0.4 is 0 Å². The molecule has 0 saturated carbocycles. The van der Waals surface area contributed by atoms with Crippen molar-refractivity contribution in [2.45, 2.75) is 24.5 Å². The molecule has 0 aromatic heterocycles. The van der Waals surface area contributed by atoms with Crippen LogP contribution in [0.4, 0.5) is 0 Å². The van der Waals surface area contributed by atoms with Crippen molar-refractivity contribution in [1.82, 2.24) is 4.90 Å². The maximum atomic E-state index is 13.1. The van der Waals surface area contributed by atoms with Crippen LogP contribution in [0.25, 0.3) is 0 Å². The topological polar surface area (TPSA) is 87.1 Å². The van der Waals surface area contributed by atoms with Crippen LogP contribution in [0.2, 0.25) is 0 Å². The molecule has 0 bridgehead atoms. The number of hydrogen-bond acceptors (Lipinski definition) is 6. The van der Waals surface area contributed by atoms with Crippen molar-refractivity contribution < 1.29 is 24.5 Å². The summed E-state index contributed by atoms with van der Waals surface area (Å²) in [6.45, 7) is 1.55. The highest BCUT2D eigenvalue weighted by Crippen LogP contribution is 2.45. The molecule has 2 unspecified atom stereocenters. The maximum absolute atomic E-state index is 13.1. The van der Waals surface area contributed by atoms with E-state index in [-0.39, 0.29) is 28.5 Å². The third-order valence-electron chi connectivity index (χ3n) is 5.13. The van der Waals surface area contributed by atoms with Crippen molar-refractivity contribution in [3.8, 4) is 0 Å². The molecule has 150 valence electrons. The number of thioether (sulfide) groups is 1. The normalized spacial score (nSPS) is 22.2. The second-order valence-electron chi connectivity index (χ2n) is 7.08. The van der Waals surface area contributed by atoms with Crippen molar-refractivity contribution in [3.05, 3.63) is 83.2 Å². The lowest BCUT2D eigenvalue weighted by Crippen LogP contribution is -2.64. The number of hydrogen-bond donors (Lipinski definition) is 2. The zero-order valence-corrected chi connectivity index (χ0v) is 16.6. The summed E-state index contributed by atoms with van der Waals surface area (Å²) in [7, 11) is 0. The minimum absolute atomic E-state index is 0.132. The van der Waals surface area contributed by atoms with Gasteiger partial charge in [-0.25, -0.2) is 4.79 Å². The number of carbonyl (C=O) groups is 2. The molecule has 2 aromatic carbocycles. The first-order valence-corrected chi connectivity index (χ1v) is 10.4. The third kappa shape index (κ3) is 3.52. The fourth-order valence-electron chi connectivity index (χ4n) is 3.68. The van der Waals surface area contributed by atoms with Gasteiger partial charge >= 0.3 is 5.97 Å². The Kier molecular flexibility index (Phi) is 5.34. The van der Waals surface area contributed by atoms with E-state index in [1.807, 2.05) is 60.7 Å². The fraction of sp³-hybridized carbons (Fsp3) is 0.273. The van der Waals surface area contributed by atoms with Crippen LogP contribution >= 0.6 is 11.8 Å². The van der Waals surface area contributed by atoms with Crippen LogP contribution in [-0.4, -0.2) is 44.2 Å². The highest BCUT2D eigenvalue weighted by atomic mass is 32.2. The van der Waals surface area contributed by atoms with Gasteiger partial charge in [-0.2, -0.15) is 0 Å². The van der Waals surface area contributed by atoms with Crippen molar-refractivity contribution in [2.24, 2.45) is 5.92 Å². The van der Waals surface area contributed by atoms with E-state index >= 15 is 0 Å². The van der Waals surface area contributed by atoms with Gasteiger partial charge in [-0.15, -0.1) is 11.8 Å². The number of nitrogens with zero attached hydrogens (tertiary/aromatic N) is 1. The average Bonchev–Trinajstić information content (AvgIpc) is 2.73. The second-order valence-corrected chi connectivity index (χ2v) is 8.18. The van der Waals surface area contributed by atoms with Crippen LogP contribution in [-0.2, 0) is 14.3 Å². The Balaban J connectivity index is 1.63. The van der Waals surface area contributed by atoms with Gasteiger partial charge in [0.2, 0.25) is 5.91 Å². The number of benzene rings is 2. The van der Waals surface area contributed by atoms with Crippen LogP contribution in [0.1, 0.15) is 24.2 Å². The van der Waals surface area contributed by atoms with Gasteiger partial charge in [0, 0.05) is 0 Å². The molecule has 1 amide bonds. The van der Waals surface area contributed by atoms with E-state index in [0.29, 0.717) is 0 Å². The Labute approximate surface area is 172 Å². The first kappa shape index (κ1) is 19.5. The Morgan fingerprint density at radius 1 is 1.10 bits per heavy atom. The van der Waals surface area contributed by atoms with E-state index in [9.17, 15) is 19.8 Å². The predicted molar refractivity (Wildman–Crippen MR) is 109 cm³/mol. The maximum Gasteiger partial charge on any atom is 0.359 e. The zero-order valence-electron chi connectivity index (χ0n) is 15.8. The van der Waals surface area contributed by atoms with Gasteiger partial charge in [0.05, 0.1) is 23.1 Å². The first-order valence-electron chi connectivity index (χ1n) is 9.34. The number of ether oxygens (including phenoxy) is 1. The largest absolute Gasteiger partial charge is 0.509 e. The molecule has 4 rings (SSSR count). The summed E-state index contributed by atoms with van der Waals surface area (Å²) >= 11 is 1.32. The van der Waals surface area contributed by atoms with E-state index < -0.39 is 24.1 Å². The molecular weight excluding hydrogens is 390 g/mol. The third-order valence-corrected chi connectivity index (χ3v) is 6.42. The molecule has 2 heterocycles. The SMILES string of the molecule is CC(O)C1C(=O)N2C(C(=O)OC(c3ccccc3)c3ccccc3)=C(O)CS[C@H]12. The lowest BCUT2D eigenvalue weighted by molar-refractivity contribution is -0.161. The van der Waals surface area contributed by atoms with Gasteiger partial charge < -0.3 is 14.9 Å². The summed E-state index contributed by atoms with van der Waals surface area (Å²) in [5.74, 6) is -1.73. The quantitative estimate of drug-likeness (QED) is 0.581. The lowest BCUT2D eigenvalue weighted by atomic mass is 9.91. The van der Waals surface area contributed by atoms with Gasteiger partial charge in [0.1, 0.15) is 5.76 Å². The Morgan fingerprint density at radius 3 is 2.17 bits per heavy atom. The Bertz CT molecular complexity index is 905. The number of fused-ring (bicyclic) bond motifs is 1. The molecule has 0 aliphatic carbocycles. The number of β-lactam (4-membered cyclic amide) rings is 1. The molecule has 0 spiro atoms. The molecule has 2 aliphatic heterocycles. The number of carbonyl (C=O) groups excluding carboxylic acids is 2. The molecular formula is C22H21NO5S. The molecule has 1 saturated heterocycles. The Hall–Kier alpha value is -2.77.